The van der Waals surface area contributed by atoms with Crippen molar-refractivity contribution in [1.82, 2.24) is 0 Å². The molecule has 10 atom stereocenters. The van der Waals surface area contributed by atoms with Crippen LogP contribution in [-0.2, 0) is 28.6 Å². The molecule has 0 aromatic carbocycles. The molecule has 0 bridgehead atoms. The van der Waals surface area contributed by atoms with E-state index in [1.54, 1.807) is 0 Å². The largest absolute Gasteiger partial charge is 0.463 e. The van der Waals surface area contributed by atoms with Crippen molar-refractivity contribution in [3.05, 3.63) is 0 Å². The molecular formula is C28H42O6. The highest BCUT2D eigenvalue weighted by Gasteiger charge is 2.66. The molecule has 0 N–H and O–H groups in total. The van der Waals surface area contributed by atoms with E-state index in [1.807, 2.05) is 0 Å². The third-order valence-electron chi connectivity index (χ3n) is 11.2. The van der Waals surface area contributed by atoms with Gasteiger partial charge in [-0.1, -0.05) is 13.8 Å². The summed E-state index contributed by atoms with van der Waals surface area (Å²) in [5.41, 5.74) is -0.0915. The molecule has 0 spiro atoms. The Morgan fingerprint density at radius 2 is 1.53 bits per heavy atom. The third-order valence-corrected chi connectivity index (χ3v) is 11.2. The van der Waals surface area contributed by atoms with Crippen LogP contribution in [0.1, 0.15) is 98.8 Å². The van der Waals surface area contributed by atoms with Crippen LogP contribution in [0.5, 0.6) is 0 Å². The Bertz CT molecular complexity index is 869. The van der Waals surface area contributed by atoms with Gasteiger partial charge in [-0.25, -0.2) is 0 Å². The van der Waals surface area contributed by atoms with E-state index in [9.17, 15) is 14.4 Å². The first-order valence-corrected chi connectivity index (χ1v) is 13.5. The Morgan fingerprint density at radius 1 is 0.853 bits per heavy atom. The average Bonchev–Trinajstić information content (AvgIpc) is 3.27. The van der Waals surface area contributed by atoms with Crippen LogP contribution in [-0.4, -0.2) is 35.7 Å². The zero-order valence-corrected chi connectivity index (χ0v) is 21.6. The van der Waals surface area contributed by atoms with Crippen LogP contribution in [0.25, 0.3) is 0 Å². The number of carbonyl (C=O) groups is 3. The quantitative estimate of drug-likeness (QED) is 0.412. The number of rotatable bonds is 3. The number of hydrogen-bond acceptors (Lipinski definition) is 6. The Balaban J connectivity index is 1.45. The summed E-state index contributed by atoms with van der Waals surface area (Å²) >= 11 is 0. The molecular weight excluding hydrogens is 432 g/mol. The van der Waals surface area contributed by atoms with Crippen LogP contribution < -0.4 is 0 Å². The number of fused-ring (bicyclic) bond motifs is 5. The van der Waals surface area contributed by atoms with E-state index in [4.69, 9.17) is 14.2 Å². The van der Waals surface area contributed by atoms with E-state index in [-0.39, 0.29) is 46.5 Å². The molecule has 0 aromatic heterocycles. The summed E-state index contributed by atoms with van der Waals surface area (Å²) in [6.45, 7) is 10.1. The van der Waals surface area contributed by atoms with Gasteiger partial charge in [0, 0.05) is 32.1 Å². The molecule has 6 heteroatoms. The van der Waals surface area contributed by atoms with Gasteiger partial charge in [0.25, 0.3) is 0 Å². The fourth-order valence-corrected chi connectivity index (χ4v) is 9.80. The monoisotopic (exact) mass is 474 g/mol. The fourth-order valence-electron chi connectivity index (χ4n) is 9.80. The minimum Gasteiger partial charge on any atom is -0.463 e. The average molecular weight is 475 g/mol. The lowest BCUT2D eigenvalue weighted by molar-refractivity contribution is -0.202. The summed E-state index contributed by atoms with van der Waals surface area (Å²) in [6.07, 6.45) is 9.41. The summed E-state index contributed by atoms with van der Waals surface area (Å²) in [7, 11) is 0. The van der Waals surface area contributed by atoms with Crippen molar-refractivity contribution in [2.45, 2.75) is 117 Å². The minimum absolute atomic E-state index is 0.0215. The summed E-state index contributed by atoms with van der Waals surface area (Å²) in [6, 6.07) is 0. The van der Waals surface area contributed by atoms with Gasteiger partial charge in [-0.3, -0.25) is 14.4 Å². The summed E-state index contributed by atoms with van der Waals surface area (Å²) in [5.74, 6) is 1.62. The highest BCUT2D eigenvalue weighted by molar-refractivity contribution is 5.72. The first-order valence-electron chi connectivity index (χ1n) is 13.5. The van der Waals surface area contributed by atoms with Gasteiger partial charge in [0.15, 0.2) is 0 Å². The van der Waals surface area contributed by atoms with Crippen LogP contribution in [0.4, 0.5) is 0 Å². The molecule has 0 aromatic rings. The molecule has 5 fully saturated rings. The number of cyclic esters (lactones) is 1. The topological polar surface area (TPSA) is 78.9 Å². The highest BCUT2D eigenvalue weighted by Crippen LogP contribution is 2.69. The Kier molecular flexibility index (Phi) is 5.84. The van der Waals surface area contributed by atoms with Gasteiger partial charge in [0.2, 0.25) is 0 Å². The summed E-state index contributed by atoms with van der Waals surface area (Å²) in [4.78, 5) is 35.9. The van der Waals surface area contributed by atoms with Crippen LogP contribution in [0, 0.1) is 40.4 Å². The predicted molar refractivity (Wildman–Crippen MR) is 125 cm³/mol. The molecule has 4 saturated carbocycles. The first-order chi connectivity index (χ1) is 16.0. The van der Waals surface area contributed by atoms with Crippen molar-refractivity contribution < 1.29 is 28.6 Å². The van der Waals surface area contributed by atoms with E-state index in [0.717, 1.165) is 57.8 Å². The van der Waals surface area contributed by atoms with E-state index in [1.165, 1.54) is 13.8 Å². The lowest BCUT2D eigenvalue weighted by atomic mass is 9.43. The van der Waals surface area contributed by atoms with Gasteiger partial charge in [-0.15, -0.1) is 0 Å². The maximum Gasteiger partial charge on any atom is 0.306 e. The molecule has 4 aliphatic carbocycles. The maximum absolute atomic E-state index is 12.2. The van der Waals surface area contributed by atoms with Crippen LogP contribution >= 0.6 is 0 Å². The van der Waals surface area contributed by atoms with Crippen molar-refractivity contribution in [2.24, 2.45) is 40.4 Å². The first kappa shape index (κ1) is 24.1. The van der Waals surface area contributed by atoms with Gasteiger partial charge < -0.3 is 14.2 Å². The van der Waals surface area contributed by atoms with Crippen LogP contribution in [0.2, 0.25) is 0 Å². The van der Waals surface area contributed by atoms with E-state index in [2.05, 4.69) is 20.8 Å². The van der Waals surface area contributed by atoms with Crippen LogP contribution in [0.15, 0.2) is 0 Å². The van der Waals surface area contributed by atoms with Crippen molar-refractivity contribution in [2.75, 3.05) is 0 Å². The molecule has 6 nitrogen and oxygen atoms in total. The van der Waals surface area contributed by atoms with E-state index >= 15 is 0 Å². The second-order valence-corrected chi connectivity index (χ2v) is 12.8. The molecule has 1 heterocycles. The van der Waals surface area contributed by atoms with Gasteiger partial charge in [-0.05, 0) is 93.3 Å². The zero-order chi connectivity index (χ0) is 24.5. The zero-order valence-electron chi connectivity index (χ0n) is 21.6. The van der Waals surface area contributed by atoms with Gasteiger partial charge in [0.05, 0.1) is 0 Å². The molecule has 190 valence electrons. The second kappa shape index (κ2) is 8.23. The van der Waals surface area contributed by atoms with E-state index in [0.29, 0.717) is 36.0 Å². The Hall–Kier alpha value is -1.59. The molecule has 1 aliphatic heterocycles. The fraction of sp³-hybridized carbons (Fsp3) is 0.893. The third kappa shape index (κ3) is 3.69. The highest BCUT2D eigenvalue weighted by atomic mass is 16.6. The number of esters is 3. The van der Waals surface area contributed by atoms with E-state index < -0.39 is 0 Å². The summed E-state index contributed by atoms with van der Waals surface area (Å²) < 4.78 is 17.7. The normalized spacial score (nSPS) is 49.9. The maximum atomic E-state index is 12.2. The molecule has 34 heavy (non-hydrogen) atoms. The van der Waals surface area contributed by atoms with Gasteiger partial charge in [-0.2, -0.15) is 0 Å². The Morgan fingerprint density at radius 3 is 2.18 bits per heavy atom. The molecule has 0 amide bonds. The Labute approximate surface area is 203 Å². The summed E-state index contributed by atoms with van der Waals surface area (Å²) in [5, 5.41) is 0. The van der Waals surface area contributed by atoms with Crippen molar-refractivity contribution >= 4 is 17.9 Å². The standard InChI is InChI=1S/C28H42O6/c1-16(29)32-19-8-11-26(3)18(14-19)15-22(33-17(2)30)25-20-6-7-23(27(20,4)12-9-21(25)26)28(5)13-10-24(31)34-28/h18-23,25H,6-15H2,1-5H3/t18-,19+,20-,21-,22-,23-,25-,26-,27-,28-/m0/s1. The smallest absolute Gasteiger partial charge is 0.306 e. The molecule has 0 unspecified atom stereocenters. The van der Waals surface area contributed by atoms with Gasteiger partial charge >= 0.3 is 17.9 Å². The SMILES string of the molecule is CC(=O)O[C@@H]1CC[C@@]2(C)[C@@H](C1)C[C@H](OC(C)=O)[C@@H]1[C@@H]2CC[C@@]2(C)[C@H]1CC[C@@H]2[C@]1(C)CCC(=O)O1. The van der Waals surface area contributed by atoms with Crippen molar-refractivity contribution in [3.63, 3.8) is 0 Å². The molecule has 5 rings (SSSR count). The number of carbonyl (C=O) groups excluding carboxylic acids is 3. The second-order valence-electron chi connectivity index (χ2n) is 12.8. The lowest BCUT2D eigenvalue weighted by Crippen LogP contribution is -2.60. The molecule has 0 radical (unpaired) electrons. The molecule has 5 aliphatic rings. The van der Waals surface area contributed by atoms with Crippen LogP contribution in [0.3, 0.4) is 0 Å². The van der Waals surface area contributed by atoms with Crippen molar-refractivity contribution in [3.8, 4) is 0 Å². The number of hydrogen-bond donors (Lipinski definition) is 0. The van der Waals surface area contributed by atoms with Gasteiger partial charge in [0.1, 0.15) is 17.8 Å². The van der Waals surface area contributed by atoms with Crippen molar-refractivity contribution in [1.29, 1.82) is 0 Å². The number of ether oxygens (including phenoxy) is 3. The minimum atomic E-state index is -0.368. The lowest BCUT2D eigenvalue weighted by Gasteiger charge is -2.63. The molecule has 1 saturated heterocycles. The predicted octanol–water partition coefficient (Wildman–Crippen LogP) is 5.21.